The largest absolute Gasteiger partial charge is 0.506 e. The van der Waals surface area contributed by atoms with Gasteiger partial charge in [-0.1, -0.05) is 11.6 Å². The number of aromatic hydroxyl groups is 1. The molecule has 7 heteroatoms. The van der Waals surface area contributed by atoms with Crippen LogP contribution >= 0.6 is 11.6 Å². The predicted octanol–water partition coefficient (Wildman–Crippen LogP) is 3.78. The van der Waals surface area contributed by atoms with Crippen molar-refractivity contribution in [1.82, 2.24) is 4.98 Å². The smallest absolute Gasteiger partial charge is 0.263 e. The number of anilines is 1. The number of carbonyl (C=O) groups is 1. The minimum absolute atomic E-state index is 0.00198. The summed E-state index contributed by atoms with van der Waals surface area (Å²) in [5.74, 6) is 0.941. The Morgan fingerprint density at radius 3 is 2.96 bits per heavy atom. The molecule has 1 amide bonds. The van der Waals surface area contributed by atoms with E-state index in [1.54, 1.807) is 19.1 Å². The lowest BCUT2D eigenvalue weighted by atomic mass is 10.2. The molecule has 0 atom stereocenters. The molecule has 0 radical (unpaired) electrons. The maximum atomic E-state index is 12.1. The van der Waals surface area contributed by atoms with Gasteiger partial charge in [0.1, 0.15) is 11.5 Å². The number of aryl methyl sites for hydroxylation is 1. The van der Waals surface area contributed by atoms with Crippen molar-refractivity contribution >= 4 is 23.2 Å². The van der Waals surface area contributed by atoms with Crippen LogP contribution in [0.2, 0.25) is 5.02 Å². The molecule has 2 N–H and O–H groups in total. The zero-order valence-electron chi connectivity index (χ0n) is 12.2. The fourth-order valence-electron chi connectivity index (χ4n) is 2.05. The molecule has 0 aliphatic heterocycles. The van der Waals surface area contributed by atoms with Gasteiger partial charge >= 0.3 is 0 Å². The van der Waals surface area contributed by atoms with Crippen LogP contribution in [-0.2, 0) is 11.2 Å². The number of amides is 1. The number of hydrogen-bond acceptors (Lipinski definition) is 5. The van der Waals surface area contributed by atoms with E-state index in [0.717, 1.165) is 0 Å². The Morgan fingerprint density at radius 2 is 2.22 bits per heavy atom. The summed E-state index contributed by atoms with van der Waals surface area (Å²) in [7, 11) is 0. The lowest BCUT2D eigenvalue weighted by molar-refractivity contribution is -0.115. The third-order valence-corrected chi connectivity index (χ3v) is 3.42. The zero-order chi connectivity index (χ0) is 16.4. The van der Waals surface area contributed by atoms with Crippen molar-refractivity contribution in [2.24, 2.45) is 0 Å². The van der Waals surface area contributed by atoms with Gasteiger partial charge in [-0.25, -0.2) is 4.98 Å². The highest BCUT2D eigenvalue weighted by molar-refractivity contribution is 6.31. The average molecular weight is 333 g/mol. The van der Waals surface area contributed by atoms with E-state index in [-0.39, 0.29) is 23.8 Å². The molecule has 0 spiro atoms. The van der Waals surface area contributed by atoms with Gasteiger partial charge in [-0.3, -0.25) is 4.79 Å². The number of carbonyl (C=O) groups excluding carboxylic acids is 1. The molecule has 0 aliphatic carbocycles. The molecule has 0 unspecified atom stereocenters. The number of halogens is 1. The Labute approximate surface area is 136 Å². The molecule has 0 saturated heterocycles. The maximum Gasteiger partial charge on any atom is 0.263 e. The van der Waals surface area contributed by atoms with Gasteiger partial charge in [0.15, 0.2) is 5.76 Å². The Hall–Kier alpha value is -2.73. The highest BCUT2D eigenvalue weighted by Crippen LogP contribution is 2.27. The van der Waals surface area contributed by atoms with Crippen molar-refractivity contribution in [3.8, 4) is 17.4 Å². The molecule has 3 aromatic rings. The van der Waals surface area contributed by atoms with Crippen LogP contribution in [-0.4, -0.2) is 16.0 Å². The number of furan rings is 1. The van der Waals surface area contributed by atoms with Crippen LogP contribution in [0.4, 0.5) is 5.69 Å². The SMILES string of the molecule is Cc1oc(-c2ccco2)nc1CC(=O)Nc1cc(Cl)ccc1O. The normalized spacial score (nSPS) is 10.7. The molecule has 1 aromatic carbocycles. The van der Waals surface area contributed by atoms with E-state index >= 15 is 0 Å². The first-order valence-corrected chi connectivity index (χ1v) is 7.19. The maximum absolute atomic E-state index is 12.1. The molecule has 118 valence electrons. The second kappa shape index (κ2) is 6.18. The van der Waals surface area contributed by atoms with E-state index in [4.69, 9.17) is 20.4 Å². The van der Waals surface area contributed by atoms with E-state index in [2.05, 4.69) is 10.3 Å². The van der Waals surface area contributed by atoms with Crippen LogP contribution in [0.3, 0.4) is 0 Å². The second-order valence-corrected chi connectivity index (χ2v) is 5.32. The van der Waals surface area contributed by atoms with E-state index in [1.807, 2.05) is 0 Å². The zero-order valence-corrected chi connectivity index (χ0v) is 12.9. The van der Waals surface area contributed by atoms with Crippen LogP contribution in [0, 0.1) is 6.92 Å². The van der Waals surface area contributed by atoms with Crippen LogP contribution in [0.5, 0.6) is 5.75 Å². The van der Waals surface area contributed by atoms with E-state index in [9.17, 15) is 9.90 Å². The number of rotatable bonds is 4. The fourth-order valence-corrected chi connectivity index (χ4v) is 2.22. The molecule has 2 heterocycles. The van der Waals surface area contributed by atoms with Gasteiger partial charge in [0.25, 0.3) is 5.89 Å². The number of phenols is 1. The van der Waals surface area contributed by atoms with Gasteiger partial charge in [-0.2, -0.15) is 0 Å². The number of nitrogens with zero attached hydrogens (tertiary/aromatic N) is 1. The number of oxazole rings is 1. The molecule has 0 bridgehead atoms. The van der Waals surface area contributed by atoms with Gasteiger partial charge in [-0.15, -0.1) is 0 Å². The quantitative estimate of drug-likeness (QED) is 0.710. The molecule has 0 aliphatic rings. The molecule has 3 rings (SSSR count). The molecule has 0 saturated carbocycles. The summed E-state index contributed by atoms with van der Waals surface area (Å²) in [6.07, 6.45) is 1.52. The molecule has 6 nitrogen and oxygen atoms in total. The summed E-state index contributed by atoms with van der Waals surface area (Å²) >= 11 is 5.85. The number of hydrogen-bond donors (Lipinski definition) is 2. The van der Waals surface area contributed by atoms with E-state index < -0.39 is 0 Å². The number of benzene rings is 1. The van der Waals surface area contributed by atoms with Crippen LogP contribution in [0.25, 0.3) is 11.7 Å². The minimum Gasteiger partial charge on any atom is -0.506 e. The highest BCUT2D eigenvalue weighted by Gasteiger charge is 2.17. The summed E-state index contributed by atoms with van der Waals surface area (Å²) in [5.41, 5.74) is 0.741. The third kappa shape index (κ3) is 3.37. The molecule has 23 heavy (non-hydrogen) atoms. The van der Waals surface area contributed by atoms with Gasteiger partial charge in [0.05, 0.1) is 24.1 Å². The van der Waals surface area contributed by atoms with E-state index in [1.165, 1.54) is 24.5 Å². The Kier molecular flexibility index (Phi) is 4.08. The van der Waals surface area contributed by atoms with Crippen molar-refractivity contribution in [2.75, 3.05) is 5.32 Å². The summed E-state index contributed by atoms with van der Waals surface area (Å²) in [6, 6.07) is 7.86. The van der Waals surface area contributed by atoms with Gasteiger partial charge in [-0.05, 0) is 37.3 Å². The topological polar surface area (TPSA) is 88.5 Å². The Morgan fingerprint density at radius 1 is 1.39 bits per heavy atom. The van der Waals surface area contributed by atoms with Gasteiger partial charge in [0, 0.05) is 5.02 Å². The van der Waals surface area contributed by atoms with Crippen molar-refractivity contribution < 1.29 is 18.7 Å². The molecule has 2 aromatic heterocycles. The second-order valence-electron chi connectivity index (χ2n) is 4.89. The van der Waals surface area contributed by atoms with Crippen molar-refractivity contribution in [1.29, 1.82) is 0 Å². The van der Waals surface area contributed by atoms with Crippen molar-refractivity contribution in [3.63, 3.8) is 0 Å². The first kappa shape index (κ1) is 15.2. The summed E-state index contributed by atoms with van der Waals surface area (Å²) < 4.78 is 10.7. The standard InChI is InChI=1S/C16H13ClN2O4/c1-9-11(19-16(23-9)14-3-2-6-22-14)8-15(21)18-12-7-10(17)4-5-13(12)20/h2-7,20H,8H2,1H3,(H,18,21). The van der Waals surface area contributed by atoms with Crippen LogP contribution < -0.4 is 5.32 Å². The summed E-state index contributed by atoms with van der Waals surface area (Å²) in [5, 5.41) is 12.7. The highest BCUT2D eigenvalue weighted by atomic mass is 35.5. The fraction of sp³-hybridized carbons (Fsp3) is 0.125. The molecule has 0 fully saturated rings. The Bertz CT molecular complexity index is 840. The third-order valence-electron chi connectivity index (χ3n) is 3.19. The number of phenolic OH excluding ortho intramolecular Hbond substituents is 1. The van der Waals surface area contributed by atoms with Gasteiger partial charge < -0.3 is 19.3 Å². The summed E-state index contributed by atoms with van der Waals surface area (Å²) in [6.45, 7) is 1.72. The monoisotopic (exact) mass is 332 g/mol. The lowest BCUT2D eigenvalue weighted by Gasteiger charge is -2.06. The molecular weight excluding hydrogens is 320 g/mol. The predicted molar refractivity (Wildman–Crippen MR) is 84.4 cm³/mol. The average Bonchev–Trinajstić information content (AvgIpc) is 3.13. The van der Waals surface area contributed by atoms with Crippen LogP contribution in [0.1, 0.15) is 11.5 Å². The first-order chi connectivity index (χ1) is 11.0. The minimum atomic E-state index is -0.343. The van der Waals surface area contributed by atoms with Gasteiger partial charge in [0.2, 0.25) is 5.91 Å². The number of aromatic nitrogens is 1. The Balaban J connectivity index is 1.74. The van der Waals surface area contributed by atoms with Crippen LogP contribution in [0.15, 0.2) is 45.4 Å². The summed E-state index contributed by atoms with van der Waals surface area (Å²) in [4.78, 5) is 16.4. The van der Waals surface area contributed by atoms with Crippen molar-refractivity contribution in [2.45, 2.75) is 13.3 Å². The van der Waals surface area contributed by atoms with E-state index in [0.29, 0.717) is 28.1 Å². The lowest BCUT2D eigenvalue weighted by Crippen LogP contribution is -2.15. The molecular formula is C16H13ClN2O4. The number of nitrogens with one attached hydrogen (secondary N) is 1. The van der Waals surface area contributed by atoms with Crippen molar-refractivity contribution in [3.05, 3.63) is 53.1 Å². The first-order valence-electron chi connectivity index (χ1n) is 6.81.